The van der Waals surface area contributed by atoms with E-state index in [1.807, 2.05) is 13.8 Å². The number of nitrogens with zero attached hydrogens (tertiary/aromatic N) is 1. The molecule has 1 aromatic heterocycles. The fraction of sp³-hybridized carbons (Fsp3) is 0.500. The van der Waals surface area contributed by atoms with Gasteiger partial charge in [0.2, 0.25) is 5.91 Å². The number of nitrogens with one attached hydrogen (secondary N) is 2. The van der Waals surface area contributed by atoms with Gasteiger partial charge in [0.15, 0.2) is 0 Å². The summed E-state index contributed by atoms with van der Waals surface area (Å²) in [5.74, 6) is -0.0168. The molecule has 6 heteroatoms. The number of primary amides is 1. The van der Waals surface area contributed by atoms with Crippen LogP contribution < -0.4 is 16.4 Å². The lowest BCUT2D eigenvalue weighted by atomic mass is 10.1. The topological polar surface area (TPSA) is 97.1 Å². The molecule has 0 aromatic carbocycles. The zero-order chi connectivity index (χ0) is 15.1. The summed E-state index contributed by atoms with van der Waals surface area (Å²) in [6, 6.07) is 3.41. The Morgan fingerprint density at radius 1 is 1.35 bits per heavy atom. The fourth-order valence-electron chi connectivity index (χ4n) is 1.59. The van der Waals surface area contributed by atoms with Crippen molar-refractivity contribution < 1.29 is 9.59 Å². The lowest BCUT2D eigenvalue weighted by molar-refractivity contribution is -0.117. The molecule has 0 aliphatic heterocycles. The quantitative estimate of drug-likeness (QED) is 0.699. The summed E-state index contributed by atoms with van der Waals surface area (Å²) in [6.45, 7) is 6.70. The maximum Gasteiger partial charge on any atom is 0.251 e. The number of rotatable bonds is 7. The molecule has 0 aliphatic rings. The Bertz CT molecular complexity index is 486. The van der Waals surface area contributed by atoms with Crippen LogP contribution >= 0.6 is 0 Å². The molecular formula is C14H22N4O2. The van der Waals surface area contributed by atoms with Crippen LogP contribution in [0.3, 0.4) is 0 Å². The molecule has 1 heterocycles. The zero-order valence-corrected chi connectivity index (χ0v) is 12.2. The maximum atomic E-state index is 12.0. The number of hydrogen-bond donors (Lipinski definition) is 3. The van der Waals surface area contributed by atoms with E-state index in [-0.39, 0.29) is 18.4 Å². The molecule has 1 rings (SSSR count). The number of carbonyl (C=O) groups is 2. The summed E-state index contributed by atoms with van der Waals surface area (Å²) >= 11 is 0. The number of carbonyl (C=O) groups excluding carboxylic acids is 2. The summed E-state index contributed by atoms with van der Waals surface area (Å²) in [5.41, 5.74) is 6.32. The van der Waals surface area contributed by atoms with Crippen molar-refractivity contribution in [2.75, 3.05) is 18.4 Å². The van der Waals surface area contributed by atoms with Crippen LogP contribution in [0.1, 0.15) is 49.2 Å². The third-order valence-electron chi connectivity index (χ3n) is 2.68. The second kappa shape index (κ2) is 7.47. The highest BCUT2D eigenvalue weighted by molar-refractivity contribution is 5.97. The fourth-order valence-corrected chi connectivity index (χ4v) is 1.59. The number of hydrogen-bond acceptors (Lipinski definition) is 4. The molecule has 2 amide bonds. The summed E-state index contributed by atoms with van der Waals surface area (Å²) in [5, 5.41) is 5.65. The highest BCUT2D eigenvalue weighted by Gasteiger charge is 2.12. The van der Waals surface area contributed by atoms with Crippen LogP contribution in [-0.4, -0.2) is 29.9 Å². The standard InChI is InChI=1S/C14H22N4O2/c1-4-5-16-13-7-10(6-11(18-13)9(2)3)14(20)17-8-12(15)19/h6-7,9H,4-5,8H2,1-3H3,(H2,15,19)(H,16,18)(H,17,20). The lowest BCUT2D eigenvalue weighted by Crippen LogP contribution is -2.33. The minimum absolute atomic E-state index is 0.171. The van der Waals surface area contributed by atoms with E-state index >= 15 is 0 Å². The van der Waals surface area contributed by atoms with Crippen LogP contribution in [-0.2, 0) is 4.79 Å². The molecule has 20 heavy (non-hydrogen) atoms. The maximum absolute atomic E-state index is 12.0. The number of anilines is 1. The first-order valence-electron chi connectivity index (χ1n) is 6.76. The predicted octanol–water partition coefficient (Wildman–Crippen LogP) is 1.24. The van der Waals surface area contributed by atoms with Gasteiger partial charge in [-0.25, -0.2) is 4.98 Å². The lowest BCUT2D eigenvalue weighted by Gasteiger charge is -2.12. The van der Waals surface area contributed by atoms with Gasteiger partial charge in [-0.1, -0.05) is 20.8 Å². The van der Waals surface area contributed by atoms with Crippen LogP contribution in [0.15, 0.2) is 12.1 Å². The Morgan fingerprint density at radius 3 is 2.60 bits per heavy atom. The van der Waals surface area contributed by atoms with Gasteiger partial charge in [-0.3, -0.25) is 9.59 Å². The highest BCUT2D eigenvalue weighted by atomic mass is 16.2. The van der Waals surface area contributed by atoms with E-state index in [9.17, 15) is 9.59 Å². The Labute approximate surface area is 119 Å². The van der Waals surface area contributed by atoms with Crippen molar-refractivity contribution in [2.45, 2.75) is 33.1 Å². The molecule has 0 bridgehead atoms. The first-order chi connectivity index (χ1) is 9.43. The minimum Gasteiger partial charge on any atom is -0.370 e. The van der Waals surface area contributed by atoms with Crippen molar-refractivity contribution in [1.29, 1.82) is 0 Å². The molecule has 1 aromatic rings. The Hall–Kier alpha value is -2.11. The van der Waals surface area contributed by atoms with Gasteiger partial charge in [-0.2, -0.15) is 0 Å². The third-order valence-corrected chi connectivity index (χ3v) is 2.68. The van der Waals surface area contributed by atoms with E-state index in [2.05, 4.69) is 22.5 Å². The molecule has 6 nitrogen and oxygen atoms in total. The molecular weight excluding hydrogens is 256 g/mol. The van der Waals surface area contributed by atoms with Gasteiger partial charge < -0.3 is 16.4 Å². The molecule has 0 unspecified atom stereocenters. The van der Waals surface area contributed by atoms with E-state index in [0.29, 0.717) is 11.4 Å². The van der Waals surface area contributed by atoms with Gasteiger partial charge in [0.05, 0.1) is 6.54 Å². The highest BCUT2D eigenvalue weighted by Crippen LogP contribution is 2.17. The minimum atomic E-state index is -0.569. The molecule has 110 valence electrons. The Kier molecular flexibility index (Phi) is 5.96. The van der Waals surface area contributed by atoms with Crippen LogP contribution in [0, 0.1) is 0 Å². The average molecular weight is 278 g/mol. The molecule has 0 atom stereocenters. The average Bonchev–Trinajstić information content (AvgIpc) is 2.41. The van der Waals surface area contributed by atoms with Crippen LogP contribution in [0.2, 0.25) is 0 Å². The second-order valence-corrected chi connectivity index (χ2v) is 4.90. The van der Waals surface area contributed by atoms with Gasteiger partial charge >= 0.3 is 0 Å². The van der Waals surface area contributed by atoms with Crippen molar-refractivity contribution in [1.82, 2.24) is 10.3 Å². The molecule has 0 aliphatic carbocycles. The zero-order valence-electron chi connectivity index (χ0n) is 12.2. The number of nitrogens with two attached hydrogens (primary N) is 1. The summed E-state index contributed by atoms with van der Waals surface area (Å²) < 4.78 is 0. The van der Waals surface area contributed by atoms with Gasteiger partial charge in [-0.05, 0) is 24.5 Å². The van der Waals surface area contributed by atoms with E-state index < -0.39 is 5.91 Å². The van der Waals surface area contributed by atoms with Crippen LogP contribution in [0.5, 0.6) is 0 Å². The molecule has 0 spiro atoms. The van der Waals surface area contributed by atoms with Crippen molar-refractivity contribution in [3.8, 4) is 0 Å². The second-order valence-electron chi connectivity index (χ2n) is 4.90. The first kappa shape index (κ1) is 15.9. The normalized spacial score (nSPS) is 10.4. The smallest absolute Gasteiger partial charge is 0.251 e. The number of pyridine rings is 1. The van der Waals surface area contributed by atoms with E-state index in [1.54, 1.807) is 12.1 Å². The number of amides is 2. The van der Waals surface area contributed by atoms with Gasteiger partial charge in [0.25, 0.3) is 5.91 Å². The first-order valence-corrected chi connectivity index (χ1v) is 6.76. The summed E-state index contributed by atoms with van der Waals surface area (Å²) in [4.78, 5) is 27.1. The van der Waals surface area contributed by atoms with Crippen molar-refractivity contribution in [2.24, 2.45) is 5.73 Å². The summed E-state index contributed by atoms with van der Waals surface area (Å²) in [6.07, 6.45) is 0.969. The van der Waals surface area contributed by atoms with Crippen molar-refractivity contribution in [3.05, 3.63) is 23.4 Å². The molecule has 0 saturated heterocycles. The molecule has 4 N–H and O–H groups in total. The molecule has 0 radical (unpaired) electrons. The van der Waals surface area contributed by atoms with Gasteiger partial charge in [0, 0.05) is 17.8 Å². The predicted molar refractivity (Wildman–Crippen MR) is 78.6 cm³/mol. The molecule has 0 fully saturated rings. The van der Waals surface area contributed by atoms with Gasteiger partial charge in [0.1, 0.15) is 5.82 Å². The molecule has 0 saturated carbocycles. The van der Waals surface area contributed by atoms with Gasteiger partial charge in [-0.15, -0.1) is 0 Å². The Balaban J connectivity index is 2.95. The van der Waals surface area contributed by atoms with Crippen molar-refractivity contribution in [3.63, 3.8) is 0 Å². The largest absolute Gasteiger partial charge is 0.370 e. The van der Waals surface area contributed by atoms with Crippen LogP contribution in [0.25, 0.3) is 0 Å². The Morgan fingerprint density at radius 2 is 2.05 bits per heavy atom. The SMILES string of the molecule is CCCNc1cc(C(=O)NCC(N)=O)cc(C(C)C)n1. The monoisotopic (exact) mass is 278 g/mol. The summed E-state index contributed by atoms with van der Waals surface area (Å²) in [7, 11) is 0. The van der Waals surface area contributed by atoms with Crippen LogP contribution in [0.4, 0.5) is 5.82 Å². The van der Waals surface area contributed by atoms with E-state index in [0.717, 1.165) is 18.7 Å². The van der Waals surface area contributed by atoms with E-state index in [4.69, 9.17) is 5.73 Å². The number of aromatic nitrogens is 1. The van der Waals surface area contributed by atoms with Crippen molar-refractivity contribution >= 4 is 17.6 Å². The third kappa shape index (κ3) is 4.87. The van der Waals surface area contributed by atoms with E-state index in [1.165, 1.54) is 0 Å².